The highest BCUT2D eigenvalue weighted by Crippen LogP contribution is 2.16. The van der Waals surface area contributed by atoms with Gasteiger partial charge in [0, 0.05) is 19.8 Å². The second-order valence-electron chi connectivity index (χ2n) is 3.66. The minimum atomic E-state index is -0.283. The summed E-state index contributed by atoms with van der Waals surface area (Å²) in [7, 11) is 1.69. The van der Waals surface area contributed by atoms with Crippen LogP contribution >= 0.6 is 11.3 Å². The van der Waals surface area contributed by atoms with E-state index in [0.717, 1.165) is 5.56 Å². The number of aromatic nitrogens is 1. The number of hydrogen-bond donors (Lipinski definition) is 1. The van der Waals surface area contributed by atoms with Crippen LogP contribution in [0.1, 0.15) is 16.1 Å². The first kappa shape index (κ1) is 11.6. The summed E-state index contributed by atoms with van der Waals surface area (Å²) in [5.74, 6) is -0.371. The van der Waals surface area contributed by atoms with Crippen molar-refractivity contribution in [2.75, 3.05) is 7.05 Å². The Hall–Kier alpha value is -1.88. The van der Waals surface area contributed by atoms with Crippen LogP contribution in [0.2, 0.25) is 0 Å². The normalized spacial score (nSPS) is 10.2. The van der Waals surface area contributed by atoms with Crippen molar-refractivity contribution in [1.82, 2.24) is 9.88 Å². The number of hydrogen-bond acceptors (Lipinski definition) is 4. The molecule has 0 spiro atoms. The average Bonchev–Trinajstić information content (AvgIpc) is 2.81. The van der Waals surface area contributed by atoms with Gasteiger partial charge in [0.25, 0.3) is 5.91 Å². The Bertz CT molecular complexity index is 511. The molecular weight excluding hydrogens is 236 g/mol. The van der Waals surface area contributed by atoms with Crippen molar-refractivity contribution in [3.63, 3.8) is 0 Å². The standard InChI is InChI=1S/C12H12N2O2S/c1-14(7-9-4-6-17-8-9)12(16)11-10(15)3-2-5-13-11/h2-6,8,15H,7H2,1H3. The summed E-state index contributed by atoms with van der Waals surface area (Å²) in [6.45, 7) is 0.512. The van der Waals surface area contributed by atoms with Crippen LogP contribution in [0.3, 0.4) is 0 Å². The van der Waals surface area contributed by atoms with Crippen molar-refractivity contribution < 1.29 is 9.90 Å². The molecule has 0 radical (unpaired) electrons. The van der Waals surface area contributed by atoms with Crippen molar-refractivity contribution in [2.45, 2.75) is 6.54 Å². The van der Waals surface area contributed by atoms with Crippen LogP contribution in [0, 0.1) is 0 Å². The number of amides is 1. The largest absolute Gasteiger partial charge is 0.505 e. The van der Waals surface area contributed by atoms with E-state index in [1.165, 1.54) is 17.2 Å². The lowest BCUT2D eigenvalue weighted by Gasteiger charge is -2.16. The topological polar surface area (TPSA) is 53.4 Å². The first-order valence-electron chi connectivity index (χ1n) is 5.09. The van der Waals surface area contributed by atoms with Crippen LogP contribution in [-0.4, -0.2) is 27.9 Å². The molecule has 0 fully saturated rings. The zero-order valence-electron chi connectivity index (χ0n) is 9.33. The van der Waals surface area contributed by atoms with E-state index >= 15 is 0 Å². The van der Waals surface area contributed by atoms with E-state index in [0.29, 0.717) is 6.54 Å². The van der Waals surface area contributed by atoms with Gasteiger partial charge in [0.2, 0.25) is 0 Å². The molecule has 1 N–H and O–H groups in total. The van der Waals surface area contributed by atoms with Crippen LogP contribution in [0.4, 0.5) is 0 Å². The number of nitrogens with zero attached hydrogens (tertiary/aromatic N) is 2. The summed E-state index contributed by atoms with van der Waals surface area (Å²) in [5.41, 5.74) is 1.16. The molecule has 88 valence electrons. The maximum Gasteiger partial charge on any atom is 0.276 e. The molecule has 0 aromatic carbocycles. The fraction of sp³-hybridized carbons (Fsp3) is 0.167. The molecule has 0 bridgehead atoms. The van der Waals surface area contributed by atoms with Crippen molar-refractivity contribution in [3.8, 4) is 5.75 Å². The Morgan fingerprint density at radius 3 is 3.00 bits per heavy atom. The molecule has 0 saturated carbocycles. The maximum atomic E-state index is 12.0. The van der Waals surface area contributed by atoms with E-state index < -0.39 is 0 Å². The van der Waals surface area contributed by atoms with E-state index in [1.807, 2.05) is 16.8 Å². The molecule has 0 saturated heterocycles. The molecule has 2 heterocycles. The summed E-state index contributed by atoms with van der Waals surface area (Å²) < 4.78 is 0. The van der Waals surface area contributed by atoms with Crippen LogP contribution in [0.15, 0.2) is 35.2 Å². The molecule has 0 unspecified atom stereocenters. The Morgan fingerprint density at radius 2 is 2.35 bits per heavy atom. The molecule has 4 nitrogen and oxygen atoms in total. The van der Waals surface area contributed by atoms with Crippen molar-refractivity contribution in [3.05, 3.63) is 46.4 Å². The number of carbonyl (C=O) groups is 1. The van der Waals surface area contributed by atoms with Gasteiger partial charge in [-0.15, -0.1) is 0 Å². The quantitative estimate of drug-likeness (QED) is 0.905. The van der Waals surface area contributed by atoms with Gasteiger partial charge in [0.05, 0.1) is 0 Å². The number of aromatic hydroxyl groups is 1. The third-order valence-corrected chi connectivity index (χ3v) is 3.07. The Balaban J connectivity index is 2.13. The summed E-state index contributed by atoms with van der Waals surface area (Å²) in [5, 5.41) is 13.5. The zero-order valence-corrected chi connectivity index (χ0v) is 10.1. The third-order valence-electron chi connectivity index (χ3n) is 2.34. The van der Waals surface area contributed by atoms with E-state index in [-0.39, 0.29) is 17.4 Å². The monoisotopic (exact) mass is 248 g/mol. The lowest BCUT2D eigenvalue weighted by Crippen LogP contribution is -2.26. The van der Waals surface area contributed by atoms with Crippen molar-refractivity contribution >= 4 is 17.2 Å². The van der Waals surface area contributed by atoms with Gasteiger partial charge in [-0.25, -0.2) is 4.98 Å². The first-order chi connectivity index (χ1) is 8.18. The maximum absolute atomic E-state index is 12.0. The van der Waals surface area contributed by atoms with Gasteiger partial charge in [0.15, 0.2) is 5.69 Å². The number of rotatable bonds is 3. The van der Waals surface area contributed by atoms with Gasteiger partial charge in [-0.2, -0.15) is 11.3 Å². The number of carbonyl (C=O) groups excluding carboxylic acids is 1. The lowest BCUT2D eigenvalue weighted by molar-refractivity contribution is 0.0776. The molecule has 0 aliphatic carbocycles. The Labute approximate surface area is 103 Å². The molecule has 0 aliphatic heterocycles. The fourth-order valence-electron chi connectivity index (χ4n) is 1.47. The van der Waals surface area contributed by atoms with Crippen LogP contribution in [0.5, 0.6) is 5.75 Å². The summed E-state index contributed by atoms with van der Waals surface area (Å²) in [6.07, 6.45) is 1.49. The summed E-state index contributed by atoms with van der Waals surface area (Å²) in [4.78, 5) is 17.4. The minimum Gasteiger partial charge on any atom is -0.505 e. The average molecular weight is 248 g/mol. The van der Waals surface area contributed by atoms with Gasteiger partial charge in [-0.1, -0.05) is 0 Å². The summed E-state index contributed by atoms with van der Waals surface area (Å²) in [6, 6.07) is 5.01. The van der Waals surface area contributed by atoms with E-state index in [1.54, 1.807) is 24.5 Å². The van der Waals surface area contributed by atoms with Crippen molar-refractivity contribution in [1.29, 1.82) is 0 Å². The molecule has 5 heteroatoms. The Kier molecular flexibility index (Phi) is 3.39. The van der Waals surface area contributed by atoms with E-state index in [2.05, 4.69) is 4.98 Å². The predicted molar refractivity (Wildman–Crippen MR) is 66.0 cm³/mol. The predicted octanol–water partition coefficient (Wildman–Crippen LogP) is 2.12. The smallest absolute Gasteiger partial charge is 0.276 e. The van der Waals surface area contributed by atoms with Crippen molar-refractivity contribution in [2.24, 2.45) is 0 Å². The molecular formula is C12H12N2O2S. The second-order valence-corrected chi connectivity index (χ2v) is 4.44. The zero-order chi connectivity index (χ0) is 12.3. The van der Waals surface area contributed by atoms with Crippen LogP contribution < -0.4 is 0 Å². The van der Waals surface area contributed by atoms with E-state index in [4.69, 9.17) is 0 Å². The summed E-state index contributed by atoms with van der Waals surface area (Å²) >= 11 is 1.59. The molecule has 1 amide bonds. The fourth-order valence-corrected chi connectivity index (χ4v) is 2.13. The highest BCUT2D eigenvalue weighted by Gasteiger charge is 2.16. The van der Waals surface area contributed by atoms with Gasteiger partial charge in [-0.05, 0) is 34.5 Å². The van der Waals surface area contributed by atoms with Gasteiger partial charge < -0.3 is 10.0 Å². The van der Waals surface area contributed by atoms with Crippen LogP contribution in [-0.2, 0) is 6.54 Å². The number of pyridine rings is 1. The van der Waals surface area contributed by atoms with Gasteiger partial charge >= 0.3 is 0 Å². The van der Waals surface area contributed by atoms with Gasteiger partial charge in [-0.3, -0.25) is 4.79 Å². The number of thiophene rings is 1. The molecule has 2 aromatic heterocycles. The first-order valence-corrected chi connectivity index (χ1v) is 6.03. The molecule has 0 aliphatic rings. The highest BCUT2D eigenvalue weighted by molar-refractivity contribution is 7.07. The second kappa shape index (κ2) is 4.97. The molecule has 17 heavy (non-hydrogen) atoms. The van der Waals surface area contributed by atoms with E-state index in [9.17, 15) is 9.90 Å². The molecule has 0 atom stereocenters. The highest BCUT2D eigenvalue weighted by atomic mass is 32.1. The SMILES string of the molecule is CN(Cc1ccsc1)C(=O)c1ncccc1O. The Morgan fingerprint density at radius 1 is 1.53 bits per heavy atom. The third kappa shape index (κ3) is 2.62. The lowest BCUT2D eigenvalue weighted by atomic mass is 10.2. The molecule has 2 rings (SSSR count). The van der Waals surface area contributed by atoms with Gasteiger partial charge in [0.1, 0.15) is 5.75 Å². The molecule has 2 aromatic rings. The minimum absolute atomic E-state index is 0.0882. The van der Waals surface area contributed by atoms with Crippen LogP contribution in [0.25, 0.3) is 0 Å².